The van der Waals surface area contributed by atoms with E-state index in [1.165, 1.54) is 0 Å². The van der Waals surface area contributed by atoms with Crippen LogP contribution in [0, 0.1) is 0 Å². The topological polar surface area (TPSA) is 80.6 Å². The van der Waals surface area contributed by atoms with Gasteiger partial charge in [-0.15, -0.1) is 0 Å². The van der Waals surface area contributed by atoms with Crippen LogP contribution in [-0.4, -0.2) is 18.4 Å². The van der Waals surface area contributed by atoms with Crippen LogP contribution in [0.2, 0.25) is 0 Å². The van der Waals surface area contributed by atoms with Crippen molar-refractivity contribution >= 4 is 11.4 Å². The fraction of sp³-hybridized carbons (Fsp3) is 0. The van der Waals surface area contributed by atoms with E-state index in [1.807, 2.05) is 6.07 Å². The minimum absolute atomic E-state index is 0. The largest absolute Gasteiger partial charge is 1.00 e. The molecular weight excluding hydrogens is 191 g/mol. The maximum absolute atomic E-state index is 8.63. The SMILES string of the molecule is O=S([O-])O.Oc1ccccc1.[Na+]. The first-order valence-corrected chi connectivity index (χ1v) is 3.68. The van der Waals surface area contributed by atoms with Gasteiger partial charge in [-0.1, -0.05) is 18.2 Å². The molecule has 12 heavy (non-hydrogen) atoms. The summed E-state index contributed by atoms with van der Waals surface area (Å²) in [7, 11) is 0. The number of phenolic OH excluding ortho intramolecular Hbond substituents is 1. The molecule has 6 heteroatoms. The third kappa shape index (κ3) is 12.7. The molecule has 0 bridgehead atoms. The van der Waals surface area contributed by atoms with Crippen molar-refractivity contribution in [3.8, 4) is 5.75 Å². The quantitative estimate of drug-likeness (QED) is 0.364. The molecule has 4 nitrogen and oxygen atoms in total. The van der Waals surface area contributed by atoms with Crippen LogP contribution in [0.25, 0.3) is 0 Å². The molecule has 0 fully saturated rings. The van der Waals surface area contributed by atoms with Crippen LogP contribution < -0.4 is 29.6 Å². The number of para-hydroxylation sites is 1. The summed E-state index contributed by atoms with van der Waals surface area (Å²) in [6.45, 7) is 0. The van der Waals surface area contributed by atoms with E-state index in [-0.39, 0.29) is 29.6 Å². The Morgan fingerprint density at radius 2 is 1.58 bits per heavy atom. The van der Waals surface area contributed by atoms with Gasteiger partial charge in [-0.25, -0.2) is 4.21 Å². The zero-order valence-electron chi connectivity index (χ0n) is 6.51. The normalized spacial score (nSPS) is 10.2. The predicted molar refractivity (Wildman–Crippen MR) is 39.7 cm³/mol. The van der Waals surface area contributed by atoms with Gasteiger partial charge in [0.25, 0.3) is 0 Å². The van der Waals surface area contributed by atoms with Crippen LogP contribution in [0.1, 0.15) is 0 Å². The van der Waals surface area contributed by atoms with E-state index in [1.54, 1.807) is 24.3 Å². The third-order valence-electron chi connectivity index (χ3n) is 0.756. The van der Waals surface area contributed by atoms with E-state index in [2.05, 4.69) is 0 Å². The van der Waals surface area contributed by atoms with Crippen LogP contribution in [0.4, 0.5) is 0 Å². The second-order valence-corrected chi connectivity index (χ2v) is 1.99. The average Bonchev–Trinajstić information content (AvgIpc) is 1.87. The van der Waals surface area contributed by atoms with E-state index in [0.29, 0.717) is 5.75 Å². The van der Waals surface area contributed by atoms with Gasteiger partial charge in [0.2, 0.25) is 0 Å². The molecule has 0 aromatic heterocycles. The van der Waals surface area contributed by atoms with E-state index in [0.717, 1.165) is 0 Å². The number of hydrogen-bond acceptors (Lipinski definition) is 3. The van der Waals surface area contributed by atoms with Crippen LogP contribution in [0.5, 0.6) is 5.75 Å². The Labute approximate surface area is 95.0 Å². The zero-order valence-corrected chi connectivity index (χ0v) is 9.32. The van der Waals surface area contributed by atoms with E-state index in [9.17, 15) is 0 Å². The number of hydrogen-bond donors (Lipinski definition) is 2. The smallest absolute Gasteiger partial charge is 0.750 e. The molecule has 2 N–H and O–H groups in total. The Morgan fingerprint density at radius 1 is 1.25 bits per heavy atom. The molecule has 1 aromatic carbocycles. The number of aromatic hydroxyl groups is 1. The van der Waals surface area contributed by atoms with Gasteiger partial charge in [0.05, 0.1) is 11.4 Å². The van der Waals surface area contributed by atoms with Crippen molar-refractivity contribution in [1.82, 2.24) is 0 Å². The Morgan fingerprint density at radius 3 is 1.75 bits per heavy atom. The second kappa shape index (κ2) is 9.18. The van der Waals surface area contributed by atoms with Gasteiger partial charge >= 0.3 is 29.6 Å². The Balaban J connectivity index is 0. The molecule has 0 amide bonds. The first kappa shape index (κ1) is 14.6. The second-order valence-electron chi connectivity index (χ2n) is 1.55. The monoisotopic (exact) mass is 198 g/mol. The van der Waals surface area contributed by atoms with E-state index in [4.69, 9.17) is 18.4 Å². The van der Waals surface area contributed by atoms with Crippen LogP contribution in [0.15, 0.2) is 30.3 Å². The third-order valence-corrected chi connectivity index (χ3v) is 0.756. The van der Waals surface area contributed by atoms with Gasteiger partial charge in [-0.3, -0.25) is 0 Å². The summed E-state index contributed by atoms with van der Waals surface area (Å²) in [5.41, 5.74) is 0. The van der Waals surface area contributed by atoms with Crippen LogP contribution >= 0.6 is 0 Å². The van der Waals surface area contributed by atoms with E-state index >= 15 is 0 Å². The van der Waals surface area contributed by atoms with Crippen molar-refractivity contribution < 1.29 is 48.0 Å². The molecule has 0 aliphatic rings. The summed E-state index contributed by atoms with van der Waals surface area (Å²) < 4.78 is 24.1. The van der Waals surface area contributed by atoms with Gasteiger partial charge in [0.15, 0.2) is 0 Å². The average molecular weight is 198 g/mol. The zero-order chi connectivity index (χ0) is 8.69. The number of phenols is 1. The summed E-state index contributed by atoms with van der Waals surface area (Å²) in [6, 6.07) is 8.71. The molecule has 0 radical (unpaired) electrons. The van der Waals surface area contributed by atoms with Crippen molar-refractivity contribution in [2.24, 2.45) is 0 Å². The minimum Gasteiger partial charge on any atom is -0.750 e. The fourth-order valence-corrected chi connectivity index (χ4v) is 0.428. The van der Waals surface area contributed by atoms with Gasteiger partial charge in [-0.2, -0.15) is 0 Å². The van der Waals surface area contributed by atoms with Gasteiger partial charge in [0, 0.05) is 0 Å². The van der Waals surface area contributed by atoms with Gasteiger partial charge < -0.3 is 14.2 Å². The molecule has 0 spiro atoms. The number of benzene rings is 1. The Bertz CT molecular complexity index is 212. The minimum atomic E-state index is -2.86. The summed E-state index contributed by atoms with van der Waals surface area (Å²) in [4.78, 5) is 0. The summed E-state index contributed by atoms with van der Waals surface area (Å²) in [6.07, 6.45) is 0. The molecule has 1 atom stereocenters. The van der Waals surface area contributed by atoms with Crippen molar-refractivity contribution in [3.63, 3.8) is 0 Å². The van der Waals surface area contributed by atoms with Crippen molar-refractivity contribution in [1.29, 1.82) is 0 Å². The standard InChI is InChI=1S/C6H6O.Na.H2O3S/c7-6-4-2-1-3-5-6;;1-4(2)3/h1-5,7H;;(H2,1,2,3)/q;+1;/p-1. The molecule has 0 saturated heterocycles. The van der Waals surface area contributed by atoms with Gasteiger partial charge in [-0.05, 0) is 12.1 Å². The molecule has 1 unspecified atom stereocenters. The maximum atomic E-state index is 8.63. The molecule has 0 saturated carbocycles. The number of rotatable bonds is 0. The first-order chi connectivity index (χ1) is 5.13. The molecular formula is C6H7NaO4S. The first-order valence-electron chi connectivity index (χ1n) is 2.65. The molecule has 0 aliphatic heterocycles. The van der Waals surface area contributed by atoms with E-state index < -0.39 is 11.4 Å². The van der Waals surface area contributed by atoms with Crippen molar-refractivity contribution in [2.45, 2.75) is 0 Å². The summed E-state index contributed by atoms with van der Waals surface area (Å²) >= 11 is -2.86. The summed E-state index contributed by atoms with van der Waals surface area (Å²) in [5.74, 6) is 0.322. The van der Waals surface area contributed by atoms with Gasteiger partial charge in [0.1, 0.15) is 5.75 Å². The predicted octanol–water partition coefficient (Wildman–Crippen LogP) is -2.27. The maximum Gasteiger partial charge on any atom is 1.00 e. The molecule has 62 valence electrons. The van der Waals surface area contributed by atoms with Crippen molar-refractivity contribution in [2.75, 3.05) is 0 Å². The fourth-order valence-electron chi connectivity index (χ4n) is 0.428. The molecule has 0 aliphatic carbocycles. The van der Waals surface area contributed by atoms with Crippen LogP contribution in [0.3, 0.4) is 0 Å². The Hall–Kier alpha value is 0.0900. The molecule has 1 aromatic rings. The summed E-state index contributed by atoms with van der Waals surface area (Å²) in [5, 5.41) is 8.63. The molecule has 0 heterocycles. The Kier molecular flexibility index (Phi) is 11.2. The molecule has 1 rings (SSSR count). The van der Waals surface area contributed by atoms with Crippen LogP contribution in [-0.2, 0) is 11.4 Å². The van der Waals surface area contributed by atoms with Crippen molar-refractivity contribution in [3.05, 3.63) is 30.3 Å².